The van der Waals surface area contributed by atoms with Crippen molar-refractivity contribution in [3.05, 3.63) is 34.6 Å². The summed E-state index contributed by atoms with van der Waals surface area (Å²) in [5.74, 6) is 0.267. The summed E-state index contributed by atoms with van der Waals surface area (Å²) >= 11 is 0. The number of anilines is 1. The van der Waals surface area contributed by atoms with Crippen LogP contribution in [0.4, 0.5) is 5.82 Å². The van der Waals surface area contributed by atoms with Crippen LogP contribution in [-0.4, -0.2) is 72.3 Å². The van der Waals surface area contributed by atoms with Crippen LogP contribution < -0.4 is 15.8 Å². The van der Waals surface area contributed by atoms with Gasteiger partial charge in [0.05, 0.1) is 24.7 Å². The molecule has 1 N–H and O–H groups in total. The van der Waals surface area contributed by atoms with Gasteiger partial charge in [-0.15, -0.1) is 0 Å². The van der Waals surface area contributed by atoms with Gasteiger partial charge in [0.25, 0.3) is 5.56 Å². The number of benzene rings is 1. The number of fused-ring (bicyclic) bond motifs is 1. The molecule has 5 rings (SSSR count). The summed E-state index contributed by atoms with van der Waals surface area (Å²) in [4.78, 5) is 35.1. The van der Waals surface area contributed by atoms with Crippen molar-refractivity contribution in [2.75, 3.05) is 44.7 Å². The number of ether oxygens (including phenoxy) is 1. The van der Waals surface area contributed by atoms with E-state index in [4.69, 9.17) is 9.72 Å². The number of nitrogens with one attached hydrogen (secondary N) is 1. The van der Waals surface area contributed by atoms with E-state index in [2.05, 4.69) is 15.1 Å². The number of carbonyl (C=O) groups excluding carboxylic acids is 1. The Morgan fingerprint density at radius 2 is 1.69 bits per heavy atom. The summed E-state index contributed by atoms with van der Waals surface area (Å²) in [6.45, 7) is 3.73. The number of methoxy groups -OCH3 is 1. The fourth-order valence-corrected chi connectivity index (χ4v) is 6.44. The van der Waals surface area contributed by atoms with Crippen molar-refractivity contribution in [2.24, 2.45) is 0 Å². The fourth-order valence-electron chi connectivity index (χ4n) is 6.44. The van der Waals surface area contributed by atoms with Crippen LogP contribution in [0, 0.1) is 0 Å². The summed E-state index contributed by atoms with van der Waals surface area (Å²) in [5, 5.41) is 3.25. The molecule has 8 nitrogen and oxygen atoms in total. The minimum Gasteiger partial charge on any atom is -0.468 e. The van der Waals surface area contributed by atoms with Gasteiger partial charge in [0.1, 0.15) is 0 Å². The number of carbonyl (C=O) groups is 1. The Kier molecular flexibility index (Phi) is 8.22. The molecule has 0 amide bonds. The molecule has 0 spiro atoms. The van der Waals surface area contributed by atoms with Crippen LogP contribution >= 0.6 is 0 Å². The number of likely N-dealkylation sites (tertiary alicyclic amines) is 1. The van der Waals surface area contributed by atoms with Gasteiger partial charge in [-0.1, -0.05) is 44.2 Å². The van der Waals surface area contributed by atoms with Crippen molar-refractivity contribution in [3.8, 4) is 0 Å². The monoisotopic (exact) mass is 495 g/mol. The quantitative estimate of drug-likeness (QED) is 0.615. The Balaban J connectivity index is 1.33. The van der Waals surface area contributed by atoms with Gasteiger partial charge in [-0.05, 0) is 44.2 Å². The maximum Gasteiger partial charge on any atom is 0.319 e. The van der Waals surface area contributed by atoms with Gasteiger partial charge >= 0.3 is 5.97 Å². The van der Waals surface area contributed by atoms with Crippen LogP contribution in [0.2, 0.25) is 0 Å². The zero-order chi connectivity index (χ0) is 24.9. The highest BCUT2D eigenvalue weighted by molar-refractivity contribution is 5.76. The lowest BCUT2D eigenvalue weighted by Gasteiger charge is -2.39. The minimum atomic E-state index is -0.273. The second-order valence-electron chi connectivity index (χ2n) is 10.8. The maximum absolute atomic E-state index is 13.9. The summed E-state index contributed by atoms with van der Waals surface area (Å²) in [7, 11) is 1.40. The lowest BCUT2D eigenvalue weighted by atomic mass is 9.93. The molecule has 36 heavy (non-hydrogen) atoms. The Bertz CT molecular complexity index is 1090. The number of nitrogens with zero attached hydrogens (tertiary/aromatic N) is 4. The molecule has 2 saturated heterocycles. The molecule has 1 aromatic heterocycles. The Hall–Kier alpha value is -2.45. The molecule has 1 aliphatic carbocycles. The van der Waals surface area contributed by atoms with E-state index in [1.807, 2.05) is 28.8 Å². The molecule has 196 valence electrons. The van der Waals surface area contributed by atoms with E-state index in [1.165, 1.54) is 52.1 Å². The molecule has 2 aromatic rings. The first-order valence-corrected chi connectivity index (χ1v) is 13.9. The van der Waals surface area contributed by atoms with Gasteiger partial charge in [-0.25, -0.2) is 4.98 Å². The summed E-state index contributed by atoms with van der Waals surface area (Å²) in [5.41, 5.74) is 1.84. The molecule has 0 bridgehead atoms. The first kappa shape index (κ1) is 25.2. The molecule has 3 fully saturated rings. The van der Waals surface area contributed by atoms with Crippen LogP contribution in [0.1, 0.15) is 70.3 Å². The highest BCUT2D eigenvalue weighted by Gasteiger charge is 2.31. The molecule has 0 radical (unpaired) electrons. The van der Waals surface area contributed by atoms with E-state index in [9.17, 15) is 9.59 Å². The molecule has 3 aliphatic rings. The fraction of sp³-hybridized carbons (Fsp3) is 0.679. The highest BCUT2D eigenvalue weighted by Crippen LogP contribution is 2.30. The van der Waals surface area contributed by atoms with Gasteiger partial charge in [0, 0.05) is 44.3 Å². The maximum atomic E-state index is 13.9. The largest absolute Gasteiger partial charge is 0.468 e. The standard InChI is InChI=1S/C28H41N5O3/c1-36-26(34)19-29-21-13-16-32(20-21)27-28(35)33(25-12-8-7-11-24(25)30-27)23-14-17-31(18-15-23)22-9-5-3-2-4-6-10-22/h7-8,11-12,21-23,29H,2-6,9-10,13-20H2,1H3. The molecule has 1 unspecified atom stereocenters. The SMILES string of the molecule is COC(=O)CNC1CCN(c2nc3ccccc3n(C3CCN(C4CCCCCCC4)CC3)c2=O)C1. The predicted octanol–water partition coefficient (Wildman–Crippen LogP) is 3.49. The minimum absolute atomic E-state index is 0.0201. The van der Waals surface area contributed by atoms with E-state index in [1.54, 1.807) is 0 Å². The molecular formula is C28H41N5O3. The van der Waals surface area contributed by atoms with Crippen molar-refractivity contribution < 1.29 is 9.53 Å². The van der Waals surface area contributed by atoms with Gasteiger partial charge in [0.2, 0.25) is 0 Å². The molecule has 3 heterocycles. The normalized spacial score (nSPS) is 23.0. The first-order chi connectivity index (χ1) is 17.6. The number of aromatic nitrogens is 2. The third-order valence-electron chi connectivity index (χ3n) is 8.48. The molecule has 1 atom stereocenters. The van der Waals surface area contributed by atoms with E-state index >= 15 is 0 Å². The van der Waals surface area contributed by atoms with Crippen LogP contribution in [-0.2, 0) is 9.53 Å². The van der Waals surface area contributed by atoms with Crippen LogP contribution in [0.5, 0.6) is 0 Å². The molecule has 8 heteroatoms. The zero-order valence-corrected chi connectivity index (χ0v) is 21.7. The number of piperidine rings is 1. The second-order valence-corrected chi connectivity index (χ2v) is 10.8. The number of para-hydroxylation sites is 2. The lowest BCUT2D eigenvalue weighted by molar-refractivity contribution is -0.139. The van der Waals surface area contributed by atoms with E-state index in [0.717, 1.165) is 49.9 Å². The molecule has 2 aliphatic heterocycles. The molecular weight excluding hydrogens is 454 g/mol. The number of esters is 1. The van der Waals surface area contributed by atoms with Crippen LogP contribution in [0.15, 0.2) is 29.1 Å². The Labute approximate surface area is 214 Å². The predicted molar refractivity (Wildman–Crippen MR) is 143 cm³/mol. The van der Waals surface area contributed by atoms with E-state index < -0.39 is 0 Å². The van der Waals surface area contributed by atoms with Gasteiger partial charge in [-0.3, -0.25) is 9.59 Å². The average molecular weight is 496 g/mol. The third kappa shape index (κ3) is 5.59. The highest BCUT2D eigenvalue weighted by atomic mass is 16.5. The van der Waals surface area contributed by atoms with E-state index in [-0.39, 0.29) is 30.2 Å². The Morgan fingerprint density at radius 1 is 0.972 bits per heavy atom. The van der Waals surface area contributed by atoms with Crippen LogP contribution in [0.25, 0.3) is 11.0 Å². The summed E-state index contributed by atoms with van der Waals surface area (Å²) in [6, 6.07) is 9.11. The van der Waals surface area contributed by atoms with E-state index in [0.29, 0.717) is 18.4 Å². The second kappa shape index (κ2) is 11.7. The number of hydrogen-bond donors (Lipinski definition) is 1. The number of hydrogen-bond acceptors (Lipinski definition) is 7. The van der Waals surface area contributed by atoms with Crippen molar-refractivity contribution in [3.63, 3.8) is 0 Å². The third-order valence-corrected chi connectivity index (χ3v) is 8.48. The Morgan fingerprint density at radius 3 is 2.44 bits per heavy atom. The smallest absolute Gasteiger partial charge is 0.319 e. The summed E-state index contributed by atoms with van der Waals surface area (Å²) in [6.07, 6.45) is 12.4. The van der Waals surface area contributed by atoms with Crippen molar-refractivity contribution in [1.82, 2.24) is 19.8 Å². The summed E-state index contributed by atoms with van der Waals surface area (Å²) < 4.78 is 6.79. The van der Waals surface area contributed by atoms with Gasteiger partial charge < -0.3 is 24.4 Å². The van der Waals surface area contributed by atoms with Crippen LogP contribution in [0.3, 0.4) is 0 Å². The topological polar surface area (TPSA) is 79.7 Å². The molecule has 1 saturated carbocycles. The number of rotatable bonds is 6. The van der Waals surface area contributed by atoms with Crippen molar-refractivity contribution >= 4 is 22.8 Å². The zero-order valence-electron chi connectivity index (χ0n) is 21.7. The average Bonchev–Trinajstić information content (AvgIpc) is 3.36. The van der Waals surface area contributed by atoms with Crippen molar-refractivity contribution in [2.45, 2.75) is 82.3 Å². The van der Waals surface area contributed by atoms with Gasteiger partial charge in [-0.2, -0.15) is 0 Å². The molecule has 1 aromatic carbocycles. The van der Waals surface area contributed by atoms with Crippen molar-refractivity contribution in [1.29, 1.82) is 0 Å². The van der Waals surface area contributed by atoms with Gasteiger partial charge in [0.15, 0.2) is 5.82 Å². The lowest BCUT2D eigenvalue weighted by Crippen LogP contribution is -2.44. The first-order valence-electron chi connectivity index (χ1n) is 13.9.